The van der Waals surface area contributed by atoms with E-state index in [9.17, 15) is 14.7 Å². The van der Waals surface area contributed by atoms with E-state index < -0.39 is 23.5 Å². The summed E-state index contributed by atoms with van der Waals surface area (Å²) in [6, 6.07) is 13.6. The molecule has 0 saturated carbocycles. The molecule has 1 amide bonds. The standard InChI is InChI=1S/C26H28Cl2N2O3/c1-3-29(4-2)15-8-16-30-24(19-12-13-20(27)21(28)17-19)23(25(32)26(30)33)22(31)14-11-18-9-6-5-7-10-18/h5-7,9-14,17,24,32H,3-4,8,15-16H2,1-2H3/b14-11+. The number of aliphatic hydroxyl groups is 1. The van der Waals surface area contributed by atoms with Crippen molar-refractivity contribution in [1.29, 1.82) is 0 Å². The number of carbonyl (C=O) groups excluding carboxylic acids is 2. The third kappa shape index (κ3) is 5.85. The predicted molar refractivity (Wildman–Crippen MR) is 133 cm³/mol. The summed E-state index contributed by atoms with van der Waals surface area (Å²) in [7, 11) is 0. The van der Waals surface area contributed by atoms with Gasteiger partial charge in [0.1, 0.15) is 0 Å². The van der Waals surface area contributed by atoms with Crippen molar-refractivity contribution in [2.45, 2.75) is 26.3 Å². The lowest BCUT2D eigenvalue weighted by molar-refractivity contribution is -0.129. The van der Waals surface area contributed by atoms with Gasteiger partial charge in [-0.2, -0.15) is 0 Å². The van der Waals surface area contributed by atoms with Gasteiger partial charge in [-0.1, -0.05) is 79.5 Å². The number of aliphatic hydroxyl groups excluding tert-OH is 1. The molecule has 1 atom stereocenters. The van der Waals surface area contributed by atoms with Gasteiger partial charge in [0.05, 0.1) is 21.7 Å². The number of halogens is 2. The van der Waals surface area contributed by atoms with Crippen LogP contribution in [0.3, 0.4) is 0 Å². The number of rotatable bonds is 10. The van der Waals surface area contributed by atoms with E-state index in [1.165, 1.54) is 6.08 Å². The number of hydrogen-bond acceptors (Lipinski definition) is 4. The van der Waals surface area contributed by atoms with Crippen LogP contribution in [0.5, 0.6) is 0 Å². The lowest BCUT2D eigenvalue weighted by Crippen LogP contribution is -2.34. The number of nitrogens with zero attached hydrogens (tertiary/aromatic N) is 2. The van der Waals surface area contributed by atoms with Crippen molar-refractivity contribution in [3.63, 3.8) is 0 Å². The van der Waals surface area contributed by atoms with Crippen LogP contribution in [0.15, 0.2) is 65.9 Å². The Morgan fingerprint density at radius 2 is 1.79 bits per heavy atom. The van der Waals surface area contributed by atoms with Crippen LogP contribution < -0.4 is 0 Å². The summed E-state index contributed by atoms with van der Waals surface area (Å²) in [5, 5.41) is 11.4. The van der Waals surface area contributed by atoms with Gasteiger partial charge in [-0.05, 0) is 55.4 Å². The Morgan fingerprint density at radius 3 is 2.42 bits per heavy atom. The molecular formula is C26H28Cl2N2O3. The molecule has 0 aromatic heterocycles. The van der Waals surface area contributed by atoms with E-state index in [4.69, 9.17) is 23.2 Å². The largest absolute Gasteiger partial charge is 0.503 e. The van der Waals surface area contributed by atoms with Crippen LogP contribution in [0.4, 0.5) is 0 Å². The van der Waals surface area contributed by atoms with Crippen molar-refractivity contribution in [1.82, 2.24) is 9.80 Å². The van der Waals surface area contributed by atoms with E-state index in [-0.39, 0.29) is 5.57 Å². The Balaban J connectivity index is 1.93. The first-order valence-electron chi connectivity index (χ1n) is 11.1. The molecular weight excluding hydrogens is 459 g/mol. The molecule has 3 rings (SSSR count). The Morgan fingerprint density at radius 1 is 1.09 bits per heavy atom. The summed E-state index contributed by atoms with van der Waals surface area (Å²) in [4.78, 5) is 30.0. The highest BCUT2D eigenvalue weighted by molar-refractivity contribution is 6.42. The van der Waals surface area contributed by atoms with E-state index in [1.807, 2.05) is 30.3 Å². The quantitative estimate of drug-likeness (QED) is 0.437. The zero-order valence-corrected chi connectivity index (χ0v) is 20.3. The Bertz CT molecular complexity index is 1060. The van der Waals surface area contributed by atoms with Gasteiger partial charge in [-0.3, -0.25) is 9.59 Å². The highest BCUT2D eigenvalue weighted by Gasteiger charge is 2.42. The molecule has 1 N–H and O–H groups in total. The van der Waals surface area contributed by atoms with Crippen LogP contribution >= 0.6 is 23.2 Å². The number of amides is 1. The topological polar surface area (TPSA) is 60.9 Å². The van der Waals surface area contributed by atoms with Crippen molar-refractivity contribution >= 4 is 41.0 Å². The van der Waals surface area contributed by atoms with Crippen molar-refractivity contribution in [2.24, 2.45) is 0 Å². The number of hydrogen-bond donors (Lipinski definition) is 1. The molecule has 7 heteroatoms. The maximum atomic E-state index is 13.2. The van der Waals surface area contributed by atoms with Crippen LogP contribution in [-0.2, 0) is 9.59 Å². The van der Waals surface area contributed by atoms with E-state index in [1.54, 1.807) is 29.2 Å². The third-order valence-electron chi connectivity index (χ3n) is 5.82. The van der Waals surface area contributed by atoms with Crippen molar-refractivity contribution in [3.8, 4) is 0 Å². The fourth-order valence-corrected chi connectivity index (χ4v) is 4.30. The van der Waals surface area contributed by atoms with E-state index >= 15 is 0 Å². The molecule has 0 fully saturated rings. The molecule has 1 aliphatic heterocycles. The lowest BCUT2D eigenvalue weighted by Gasteiger charge is -2.28. The maximum absolute atomic E-state index is 13.2. The first-order valence-corrected chi connectivity index (χ1v) is 11.8. The minimum Gasteiger partial charge on any atom is -0.503 e. The van der Waals surface area contributed by atoms with Gasteiger partial charge in [0, 0.05) is 6.54 Å². The fourth-order valence-electron chi connectivity index (χ4n) is 4.00. The van der Waals surface area contributed by atoms with E-state index in [0.29, 0.717) is 28.6 Å². The molecule has 0 radical (unpaired) electrons. The Hall–Kier alpha value is -2.60. The molecule has 5 nitrogen and oxygen atoms in total. The van der Waals surface area contributed by atoms with Crippen molar-refractivity contribution in [3.05, 3.63) is 87.1 Å². The summed E-state index contributed by atoms with van der Waals surface area (Å²) < 4.78 is 0. The number of benzene rings is 2. The molecule has 0 aliphatic carbocycles. The molecule has 1 heterocycles. The molecule has 0 saturated heterocycles. The van der Waals surface area contributed by atoms with Crippen molar-refractivity contribution in [2.75, 3.05) is 26.2 Å². The number of carbonyl (C=O) groups is 2. The predicted octanol–water partition coefficient (Wildman–Crippen LogP) is 5.70. The van der Waals surface area contributed by atoms with Gasteiger partial charge in [0.15, 0.2) is 11.5 Å². The Labute approximate surface area is 204 Å². The highest BCUT2D eigenvalue weighted by Crippen LogP contribution is 2.39. The van der Waals surface area contributed by atoms with Crippen molar-refractivity contribution < 1.29 is 14.7 Å². The second kappa shape index (κ2) is 11.5. The molecule has 0 spiro atoms. The summed E-state index contributed by atoms with van der Waals surface area (Å²) in [5.41, 5.74) is 1.52. The maximum Gasteiger partial charge on any atom is 0.290 e. The zero-order valence-electron chi connectivity index (χ0n) is 18.8. The highest BCUT2D eigenvalue weighted by atomic mass is 35.5. The first kappa shape index (κ1) is 25.0. The van der Waals surface area contributed by atoms with Crippen LogP contribution in [-0.4, -0.2) is 52.8 Å². The second-order valence-electron chi connectivity index (χ2n) is 7.83. The van der Waals surface area contributed by atoms with E-state index in [2.05, 4.69) is 18.7 Å². The molecule has 174 valence electrons. The zero-order chi connectivity index (χ0) is 24.0. The van der Waals surface area contributed by atoms with E-state index in [0.717, 1.165) is 25.2 Å². The monoisotopic (exact) mass is 486 g/mol. The lowest BCUT2D eigenvalue weighted by atomic mass is 9.95. The molecule has 1 unspecified atom stereocenters. The minimum atomic E-state index is -0.739. The summed E-state index contributed by atoms with van der Waals surface area (Å²) in [6.07, 6.45) is 3.76. The van der Waals surface area contributed by atoms with Gasteiger partial charge in [0.2, 0.25) is 0 Å². The molecule has 2 aromatic rings. The number of allylic oxidation sites excluding steroid dienone is 1. The van der Waals surface area contributed by atoms with Crippen LogP contribution in [0.25, 0.3) is 6.08 Å². The molecule has 33 heavy (non-hydrogen) atoms. The van der Waals surface area contributed by atoms with Gasteiger partial charge < -0.3 is 14.9 Å². The average Bonchev–Trinajstić information content (AvgIpc) is 3.07. The van der Waals surface area contributed by atoms with Gasteiger partial charge in [-0.25, -0.2) is 0 Å². The summed E-state index contributed by atoms with van der Waals surface area (Å²) in [6.45, 7) is 7.21. The second-order valence-corrected chi connectivity index (χ2v) is 8.64. The Kier molecular flexibility index (Phi) is 8.73. The normalized spacial score (nSPS) is 16.5. The van der Waals surface area contributed by atoms with Crippen LogP contribution in [0, 0.1) is 0 Å². The fraction of sp³-hybridized carbons (Fsp3) is 0.308. The van der Waals surface area contributed by atoms with Crippen LogP contribution in [0.2, 0.25) is 10.0 Å². The van der Waals surface area contributed by atoms with Gasteiger partial charge in [-0.15, -0.1) is 0 Å². The van der Waals surface area contributed by atoms with Crippen LogP contribution in [0.1, 0.15) is 37.4 Å². The third-order valence-corrected chi connectivity index (χ3v) is 6.56. The minimum absolute atomic E-state index is 0.0495. The summed E-state index contributed by atoms with van der Waals surface area (Å²) >= 11 is 12.3. The van der Waals surface area contributed by atoms with Gasteiger partial charge >= 0.3 is 0 Å². The first-order chi connectivity index (χ1) is 15.9. The summed E-state index contributed by atoms with van der Waals surface area (Å²) in [5.74, 6) is -1.49. The average molecular weight is 487 g/mol. The molecule has 0 bridgehead atoms. The molecule has 1 aliphatic rings. The molecule has 2 aromatic carbocycles. The van der Waals surface area contributed by atoms with Gasteiger partial charge in [0.25, 0.3) is 5.91 Å². The smallest absolute Gasteiger partial charge is 0.290 e. The number of ketones is 1. The SMILES string of the molecule is CCN(CC)CCCN1C(=O)C(O)=C(C(=O)/C=C/c2ccccc2)C1c1ccc(Cl)c(Cl)c1.